The van der Waals surface area contributed by atoms with Gasteiger partial charge in [-0.05, 0) is 42.5 Å². The average molecular weight is 433 g/mol. The molecular weight excluding hydrogens is 421 g/mol. The summed E-state index contributed by atoms with van der Waals surface area (Å²) in [4.78, 5) is 12.6. The number of Topliss-reactive ketones (excluding diaryl/α,β-unsaturated/α-hetero) is 1. The molecule has 29 heavy (non-hydrogen) atoms. The number of carbonyl (C=O) groups is 1. The van der Waals surface area contributed by atoms with E-state index in [0.29, 0.717) is 26.9 Å². The number of rotatable bonds is 4. The molecule has 1 aliphatic heterocycles. The van der Waals surface area contributed by atoms with Crippen LogP contribution in [0.3, 0.4) is 0 Å². The minimum absolute atomic E-state index is 0.0623. The van der Waals surface area contributed by atoms with Crippen molar-refractivity contribution in [3.8, 4) is 11.5 Å². The van der Waals surface area contributed by atoms with Crippen LogP contribution < -0.4 is 9.47 Å². The van der Waals surface area contributed by atoms with Crippen LogP contribution in [0.4, 0.5) is 8.78 Å². The Hall–Kier alpha value is -2.89. The minimum atomic E-state index is -0.695. The molecule has 0 saturated heterocycles. The van der Waals surface area contributed by atoms with E-state index in [2.05, 4.69) is 0 Å². The highest BCUT2D eigenvalue weighted by atomic mass is 35.5. The zero-order valence-electron chi connectivity index (χ0n) is 14.7. The fourth-order valence-electron chi connectivity index (χ4n) is 2.86. The highest BCUT2D eigenvalue weighted by molar-refractivity contribution is 6.37. The summed E-state index contributed by atoms with van der Waals surface area (Å²) in [7, 11) is 0. The first-order valence-corrected chi connectivity index (χ1v) is 9.27. The van der Waals surface area contributed by atoms with E-state index in [4.69, 9.17) is 32.7 Å². The molecule has 0 bridgehead atoms. The van der Waals surface area contributed by atoms with E-state index in [9.17, 15) is 13.6 Å². The first kappa shape index (κ1) is 19.4. The number of hydrogen-bond donors (Lipinski definition) is 0. The van der Waals surface area contributed by atoms with E-state index < -0.39 is 11.6 Å². The lowest BCUT2D eigenvalue weighted by Gasteiger charge is -2.09. The smallest absolute Gasteiger partial charge is 0.231 e. The van der Waals surface area contributed by atoms with Gasteiger partial charge in [0.05, 0.1) is 11.1 Å². The molecule has 0 saturated carbocycles. The molecule has 0 aliphatic carbocycles. The van der Waals surface area contributed by atoms with Gasteiger partial charge in [0.15, 0.2) is 5.76 Å². The maximum atomic E-state index is 13.7. The zero-order valence-corrected chi connectivity index (χ0v) is 16.2. The number of ether oxygens (including phenoxy) is 2. The van der Waals surface area contributed by atoms with Crippen molar-refractivity contribution >= 4 is 35.1 Å². The van der Waals surface area contributed by atoms with Crippen molar-refractivity contribution in [3.63, 3.8) is 0 Å². The van der Waals surface area contributed by atoms with Gasteiger partial charge in [-0.1, -0.05) is 35.3 Å². The Labute approximate surface area is 175 Å². The van der Waals surface area contributed by atoms with Crippen molar-refractivity contribution in [2.24, 2.45) is 0 Å². The number of fused-ring (bicyclic) bond motifs is 1. The second-order valence-corrected chi connectivity index (χ2v) is 7.04. The van der Waals surface area contributed by atoms with E-state index in [0.717, 1.165) is 12.1 Å². The molecule has 3 aromatic carbocycles. The third kappa shape index (κ3) is 3.84. The molecule has 0 N–H and O–H groups in total. The molecular formula is C22H12Cl2F2O3. The summed E-state index contributed by atoms with van der Waals surface area (Å²) in [5.41, 5.74) is 0.626. The van der Waals surface area contributed by atoms with Crippen LogP contribution in [-0.2, 0) is 6.61 Å². The van der Waals surface area contributed by atoms with Gasteiger partial charge in [-0.15, -0.1) is 0 Å². The third-order valence-electron chi connectivity index (χ3n) is 4.36. The Morgan fingerprint density at radius 2 is 1.62 bits per heavy atom. The summed E-state index contributed by atoms with van der Waals surface area (Å²) in [6, 6.07) is 13.1. The van der Waals surface area contributed by atoms with Gasteiger partial charge in [-0.25, -0.2) is 8.78 Å². The van der Waals surface area contributed by atoms with Crippen LogP contribution in [0.2, 0.25) is 10.0 Å². The van der Waals surface area contributed by atoms with Gasteiger partial charge >= 0.3 is 0 Å². The van der Waals surface area contributed by atoms with Gasteiger partial charge in [-0.3, -0.25) is 4.79 Å². The molecule has 0 amide bonds. The Morgan fingerprint density at radius 1 is 0.966 bits per heavy atom. The van der Waals surface area contributed by atoms with Crippen LogP contribution in [0.15, 0.2) is 60.4 Å². The summed E-state index contributed by atoms with van der Waals surface area (Å²) < 4.78 is 38.6. The predicted octanol–water partition coefficient (Wildman–Crippen LogP) is 6.47. The van der Waals surface area contributed by atoms with E-state index >= 15 is 0 Å². The lowest BCUT2D eigenvalue weighted by atomic mass is 10.1. The number of halogens is 4. The third-order valence-corrected chi connectivity index (χ3v) is 5.02. The SMILES string of the molecule is O=C1/C(=C/c2c(Cl)cccc2Cl)Oc2cc(OCc3c(F)cccc3F)ccc21. The molecule has 0 unspecified atom stereocenters. The van der Waals surface area contributed by atoms with Crippen LogP contribution in [0, 0.1) is 11.6 Å². The van der Waals surface area contributed by atoms with E-state index in [1.54, 1.807) is 18.2 Å². The molecule has 4 rings (SSSR count). The fraction of sp³-hybridized carbons (Fsp3) is 0.0455. The molecule has 0 radical (unpaired) electrons. The molecule has 0 spiro atoms. The first-order chi connectivity index (χ1) is 13.9. The largest absolute Gasteiger partial charge is 0.489 e. The Kier molecular flexibility index (Phi) is 5.26. The van der Waals surface area contributed by atoms with E-state index in [-0.39, 0.29) is 29.5 Å². The number of carbonyl (C=O) groups excluding carboxylic acids is 1. The van der Waals surface area contributed by atoms with Crippen molar-refractivity contribution in [1.29, 1.82) is 0 Å². The molecule has 7 heteroatoms. The quantitative estimate of drug-likeness (QED) is 0.443. The zero-order chi connectivity index (χ0) is 20.5. The van der Waals surface area contributed by atoms with Crippen LogP contribution in [0.5, 0.6) is 11.5 Å². The highest BCUT2D eigenvalue weighted by Crippen LogP contribution is 2.36. The molecule has 0 fully saturated rings. The van der Waals surface area contributed by atoms with Crippen LogP contribution in [0.25, 0.3) is 6.08 Å². The van der Waals surface area contributed by atoms with Crippen molar-refractivity contribution in [3.05, 3.63) is 98.7 Å². The van der Waals surface area contributed by atoms with E-state index in [1.807, 2.05) is 0 Å². The monoisotopic (exact) mass is 432 g/mol. The lowest BCUT2D eigenvalue weighted by Crippen LogP contribution is -2.01. The molecule has 3 aromatic rings. The molecule has 0 atom stereocenters. The van der Waals surface area contributed by atoms with Crippen molar-refractivity contribution < 1.29 is 23.0 Å². The predicted molar refractivity (Wildman–Crippen MR) is 107 cm³/mol. The number of allylic oxidation sites excluding steroid dienone is 1. The van der Waals surface area contributed by atoms with Crippen LogP contribution >= 0.6 is 23.2 Å². The summed E-state index contributed by atoms with van der Waals surface area (Å²) in [6.45, 7) is -0.302. The Bertz CT molecular complexity index is 1120. The molecule has 146 valence electrons. The lowest BCUT2D eigenvalue weighted by molar-refractivity contribution is 0.101. The first-order valence-electron chi connectivity index (χ1n) is 8.52. The van der Waals surface area contributed by atoms with E-state index in [1.165, 1.54) is 30.3 Å². The maximum absolute atomic E-state index is 13.7. The van der Waals surface area contributed by atoms with Gasteiger partial charge in [-0.2, -0.15) is 0 Å². The number of ketones is 1. The second kappa shape index (κ2) is 7.85. The van der Waals surface area contributed by atoms with Crippen LogP contribution in [-0.4, -0.2) is 5.78 Å². The molecule has 0 aromatic heterocycles. The molecule has 1 aliphatic rings. The van der Waals surface area contributed by atoms with Gasteiger partial charge in [0, 0.05) is 21.7 Å². The van der Waals surface area contributed by atoms with Crippen molar-refractivity contribution in [2.75, 3.05) is 0 Å². The van der Waals surface area contributed by atoms with Crippen molar-refractivity contribution in [1.82, 2.24) is 0 Å². The summed E-state index contributed by atoms with van der Waals surface area (Å²) in [6.07, 6.45) is 1.47. The van der Waals surface area contributed by atoms with Gasteiger partial charge in [0.1, 0.15) is 29.7 Å². The minimum Gasteiger partial charge on any atom is -0.489 e. The van der Waals surface area contributed by atoms with Gasteiger partial charge in [0.25, 0.3) is 0 Å². The van der Waals surface area contributed by atoms with Crippen molar-refractivity contribution in [2.45, 2.75) is 6.61 Å². The van der Waals surface area contributed by atoms with Gasteiger partial charge < -0.3 is 9.47 Å². The molecule has 3 nitrogen and oxygen atoms in total. The Morgan fingerprint density at radius 3 is 2.31 bits per heavy atom. The standard InChI is InChI=1S/C22H12Cl2F2O3/c23-16-3-1-4-17(24)14(16)10-21-22(27)13-8-7-12(9-20(13)29-21)28-11-15-18(25)5-2-6-19(15)26/h1-10H,11H2/b21-10-. The number of hydrogen-bond acceptors (Lipinski definition) is 3. The topological polar surface area (TPSA) is 35.5 Å². The maximum Gasteiger partial charge on any atom is 0.231 e. The normalized spacial score (nSPS) is 14.1. The second-order valence-electron chi connectivity index (χ2n) is 6.22. The van der Waals surface area contributed by atoms with Crippen LogP contribution in [0.1, 0.15) is 21.5 Å². The summed E-state index contributed by atoms with van der Waals surface area (Å²) in [5.74, 6) is -1.08. The summed E-state index contributed by atoms with van der Waals surface area (Å²) >= 11 is 12.3. The Balaban J connectivity index is 1.57. The molecule has 1 heterocycles. The summed E-state index contributed by atoms with van der Waals surface area (Å²) in [5, 5.41) is 0.765. The highest BCUT2D eigenvalue weighted by Gasteiger charge is 2.28. The van der Waals surface area contributed by atoms with Gasteiger partial charge in [0.2, 0.25) is 5.78 Å². The number of benzene rings is 3. The fourth-order valence-corrected chi connectivity index (χ4v) is 3.37. The average Bonchev–Trinajstić information content (AvgIpc) is 2.99.